The summed E-state index contributed by atoms with van der Waals surface area (Å²) in [5.41, 5.74) is 0.253. The largest absolute Gasteiger partial charge is 0.508 e. The van der Waals surface area contributed by atoms with Gasteiger partial charge in [0, 0.05) is 0 Å². The predicted octanol–water partition coefficient (Wildman–Crippen LogP) is 1.53. The van der Waals surface area contributed by atoms with E-state index in [9.17, 15) is 5.02 Å². The highest BCUT2D eigenvalue weighted by Gasteiger charge is 2.30. The van der Waals surface area contributed by atoms with E-state index in [2.05, 4.69) is 0 Å². The normalized spacial score (nSPS) is 11.9. The topological polar surface area (TPSA) is 49.7 Å². The maximum atomic E-state index is 9.89. The van der Waals surface area contributed by atoms with Crippen molar-refractivity contribution in [2.45, 2.75) is 33.3 Å². The van der Waals surface area contributed by atoms with Crippen molar-refractivity contribution >= 4 is 12.6 Å². The van der Waals surface area contributed by atoms with Crippen molar-refractivity contribution in [3.63, 3.8) is 0 Å². The van der Waals surface area contributed by atoms with E-state index in [-0.39, 0.29) is 5.75 Å². The lowest BCUT2D eigenvalue weighted by atomic mass is 9.77. The first-order valence-electron chi connectivity index (χ1n) is 5.48. The van der Waals surface area contributed by atoms with Crippen molar-refractivity contribution in [3.05, 3.63) is 24.3 Å². The molecule has 0 heterocycles. The molecule has 0 saturated heterocycles. The van der Waals surface area contributed by atoms with Crippen LogP contribution in [0.25, 0.3) is 0 Å². The fourth-order valence-electron chi connectivity index (χ4n) is 1.13. The summed E-state index contributed by atoms with van der Waals surface area (Å²) in [6.07, 6.45) is 0. The molecule has 16 heavy (non-hydrogen) atoms. The second kappa shape index (κ2) is 4.89. The Balaban J connectivity index is 2.72. The van der Waals surface area contributed by atoms with Crippen molar-refractivity contribution in [3.8, 4) is 5.75 Å². The fraction of sp³-hybridized carbons (Fsp3) is 0.500. The Morgan fingerprint density at radius 2 is 1.69 bits per heavy atom. The van der Waals surface area contributed by atoms with E-state index in [0.29, 0.717) is 11.4 Å². The first-order chi connectivity index (χ1) is 7.33. The lowest BCUT2D eigenvalue weighted by Gasteiger charge is -2.31. The van der Waals surface area contributed by atoms with Crippen molar-refractivity contribution in [1.29, 1.82) is 0 Å². The van der Waals surface area contributed by atoms with E-state index in [4.69, 9.17) is 9.76 Å². The summed E-state index contributed by atoms with van der Waals surface area (Å²) >= 11 is 0. The van der Waals surface area contributed by atoms with Crippen LogP contribution in [0.2, 0.25) is 0 Å². The zero-order valence-corrected chi connectivity index (χ0v) is 10.3. The highest BCUT2D eigenvalue weighted by molar-refractivity contribution is 6.60. The Hall–Kier alpha value is -0.995. The minimum absolute atomic E-state index is 0.180. The lowest BCUT2D eigenvalue weighted by molar-refractivity contribution is 0.0423. The standard InChI is InChI=1S/C12H19BO3/c1-9(2)12(3,4)16-13(15)10-5-7-11(14)8-6-10/h5-9,14-15H,1-4H3. The summed E-state index contributed by atoms with van der Waals surface area (Å²) in [5, 5.41) is 19.0. The third kappa shape index (κ3) is 3.25. The number of rotatable bonds is 4. The van der Waals surface area contributed by atoms with Gasteiger partial charge in [-0.3, -0.25) is 0 Å². The molecule has 0 aliphatic carbocycles. The second-order valence-corrected chi connectivity index (χ2v) is 4.82. The molecule has 88 valence electrons. The monoisotopic (exact) mass is 222 g/mol. The molecule has 0 fully saturated rings. The number of phenols is 1. The van der Waals surface area contributed by atoms with Crippen LogP contribution >= 0.6 is 0 Å². The molecule has 0 atom stereocenters. The van der Waals surface area contributed by atoms with E-state index in [1.165, 1.54) is 12.1 Å². The smallest absolute Gasteiger partial charge is 0.491 e. The summed E-state index contributed by atoms with van der Waals surface area (Å²) in [7, 11) is -0.960. The van der Waals surface area contributed by atoms with Crippen LogP contribution in [-0.2, 0) is 4.65 Å². The fourth-order valence-corrected chi connectivity index (χ4v) is 1.13. The molecule has 0 aliphatic rings. The van der Waals surface area contributed by atoms with Gasteiger partial charge in [0.05, 0.1) is 5.60 Å². The van der Waals surface area contributed by atoms with Gasteiger partial charge in [-0.1, -0.05) is 26.0 Å². The van der Waals surface area contributed by atoms with Crippen LogP contribution in [0.3, 0.4) is 0 Å². The molecule has 0 saturated carbocycles. The van der Waals surface area contributed by atoms with Crippen LogP contribution in [0.1, 0.15) is 27.7 Å². The Bertz CT molecular complexity index is 333. The summed E-state index contributed by atoms with van der Waals surface area (Å²) in [6.45, 7) is 7.98. The van der Waals surface area contributed by atoms with Gasteiger partial charge in [0.25, 0.3) is 0 Å². The number of aromatic hydroxyl groups is 1. The van der Waals surface area contributed by atoms with E-state index in [1.54, 1.807) is 12.1 Å². The van der Waals surface area contributed by atoms with Crippen LogP contribution in [0.5, 0.6) is 5.75 Å². The summed E-state index contributed by atoms with van der Waals surface area (Å²) in [4.78, 5) is 0. The van der Waals surface area contributed by atoms with Gasteiger partial charge in [0.2, 0.25) is 0 Å². The molecular formula is C12H19BO3. The van der Waals surface area contributed by atoms with Gasteiger partial charge in [0.15, 0.2) is 0 Å². The van der Waals surface area contributed by atoms with Gasteiger partial charge >= 0.3 is 7.12 Å². The Labute approximate surface area is 97.2 Å². The van der Waals surface area contributed by atoms with Crippen molar-refractivity contribution in [2.75, 3.05) is 0 Å². The first-order valence-corrected chi connectivity index (χ1v) is 5.48. The van der Waals surface area contributed by atoms with Gasteiger partial charge in [-0.2, -0.15) is 0 Å². The second-order valence-electron chi connectivity index (χ2n) is 4.82. The summed E-state index contributed by atoms with van der Waals surface area (Å²) in [5.74, 6) is 0.485. The van der Waals surface area contributed by atoms with Crippen molar-refractivity contribution in [2.24, 2.45) is 5.92 Å². The van der Waals surface area contributed by atoms with E-state index < -0.39 is 12.7 Å². The first kappa shape index (κ1) is 13.1. The van der Waals surface area contributed by atoms with E-state index >= 15 is 0 Å². The molecule has 0 bridgehead atoms. The predicted molar refractivity (Wildman–Crippen MR) is 65.7 cm³/mol. The minimum atomic E-state index is -0.960. The molecule has 1 aromatic rings. The molecule has 1 rings (SSSR count). The third-order valence-electron chi connectivity index (χ3n) is 2.98. The average Bonchev–Trinajstić information content (AvgIpc) is 2.17. The third-order valence-corrected chi connectivity index (χ3v) is 2.98. The highest BCUT2D eigenvalue weighted by Crippen LogP contribution is 2.20. The Morgan fingerprint density at radius 3 is 2.12 bits per heavy atom. The number of hydrogen-bond acceptors (Lipinski definition) is 3. The van der Waals surface area contributed by atoms with Crippen molar-refractivity contribution in [1.82, 2.24) is 0 Å². The Kier molecular flexibility index (Phi) is 4.00. The number of phenolic OH excluding ortho intramolecular Hbond substituents is 1. The molecule has 2 N–H and O–H groups in total. The minimum Gasteiger partial charge on any atom is -0.508 e. The molecule has 0 aliphatic heterocycles. The van der Waals surface area contributed by atoms with Crippen LogP contribution < -0.4 is 5.46 Å². The van der Waals surface area contributed by atoms with Crippen molar-refractivity contribution < 1.29 is 14.8 Å². The number of hydrogen-bond donors (Lipinski definition) is 2. The molecule has 4 heteroatoms. The molecule has 0 spiro atoms. The molecule has 0 amide bonds. The van der Waals surface area contributed by atoms with Crippen LogP contribution in [0.4, 0.5) is 0 Å². The zero-order chi connectivity index (χ0) is 12.3. The van der Waals surface area contributed by atoms with Gasteiger partial charge in [-0.05, 0) is 37.4 Å². The van der Waals surface area contributed by atoms with E-state index in [1.807, 2.05) is 27.7 Å². The molecule has 0 radical (unpaired) electrons. The Morgan fingerprint density at radius 1 is 1.19 bits per heavy atom. The summed E-state index contributed by atoms with van der Waals surface area (Å²) in [6, 6.07) is 6.36. The molecular weight excluding hydrogens is 203 g/mol. The van der Waals surface area contributed by atoms with Gasteiger partial charge in [0.1, 0.15) is 5.75 Å². The zero-order valence-electron chi connectivity index (χ0n) is 10.3. The van der Waals surface area contributed by atoms with Gasteiger partial charge in [-0.25, -0.2) is 0 Å². The molecule has 1 aromatic carbocycles. The average molecular weight is 222 g/mol. The number of benzene rings is 1. The van der Waals surface area contributed by atoms with Crippen LogP contribution in [0, 0.1) is 5.92 Å². The van der Waals surface area contributed by atoms with Gasteiger partial charge in [-0.15, -0.1) is 0 Å². The SMILES string of the molecule is CC(C)C(C)(C)OB(O)c1ccc(O)cc1. The van der Waals surface area contributed by atoms with Crippen LogP contribution in [0.15, 0.2) is 24.3 Å². The highest BCUT2D eigenvalue weighted by atomic mass is 16.5. The molecule has 3 nitrogen and oxygen atoms in total. The maximum absolute atomic E-state index is 9.89. The molecule has 0 unspecified atom stereocenters. The van der Waals surface area contributed by atoms with Crippen LogP contribution in [-0.4, -0.2) is 22.8 Å². The molecule has 0 aromatic heterocycles. The quantitative estimate of drug-likeness (QED) is 0.759. The van der Waals surface area contributed by atoms with Gasteiger partial charge < -0.3 is 14.8 Å². The lowest BCUT2D eigenvalue weighted by Crippen LogP contribution is -2.44. The maximum Gasteiger partial charge on any atom is 0.491 e. The van der Waals surface area contributed by atoms with E-state index in [0.717, 1.165) is 0 Å². The summed E-state index contributed by atoms with van der Waals surface area (Å²) < 4.78 is 5.60.